The molecule has 0 amide bonds. The number of hydrogen-bond donors (Lipinski definition) is 3. The van der Waals surface area contributed by atoms with Gasteiger partial charge in [-0.25, -0.2) is 14.8 Å². The van der Waals surface area contributed by atoms with Crippen LogP contribution in [-0.2, 0) is 11.2 Å². The highest BCUT2D eigenvalue weighted by atomic mass is 16.4. The summed E-state index contributed by atoms with van der Waals surface area (Å²) in [7, 11) is 0. The first-order valence-electron chi connectivity index (χ1n) is 9.87. The molecule has 1 aliphatic rings. The average Bonchev–Trinajstić information content (AvgIpc) is 3.58. The molecule has 4 rings (SSSR count). The normalized spacial score (nSPS) is 14.2. The second-order valence-corrected chi connectivity index (χ2v) is 7.41. The molecule has 0 radical (unpaired) electrons. The van der Waals surface area contributed by atoms with E-state index in [1.807, 2.05) is 54.6 Å². The first kappa shape index (κ1) is 18.9. The summed E-state index contributed by atoms with van der Waals surface area (Å²) in [4.78, 5) is 20.2. The van der Waals surface area contributed by atoms with Crippen LogP contribution in [0, 0.1) is 5.92 Å². The summed E-state index contributed by atoms with van der Waals surface area (Å²) in [5, 5.41) is 16.1. The summed E-state index contributed by atoms with van der Waals surface area (Å²) in [5.41, 5.74) is 3.76. The van der Waals surface area contributed by atoms with Crippen molar-refractivity contribution in [3.8, 4) is 11.3 Å². The molecule has 2 aromatic carbocycles. The van der Waals surface area contributed by atoms with Crippen molar-refractivity contribution in [1.29, 1.82) is 0 Å². The fraction of sp³-hybridized carbons (Fsp3) is 0.261. The SMILES string of the molecule is O=C(O)[C@H](Cc1ccccc1)Nc1cc(-c2ccc(NCC3CC3)cc2)ncn1. The first-order chi connectivity index (χ1) is 14.2. The van der Waals surface area contributed by atoms with Crippen LogP contribution in [-0.4, -0.2) is 33.6 Å². The van der Waals surface area contributed by atoms with E-state index in [4.69, 9.17) is 0 Å². The smallest absolute Gasteiger partial charge is 0.326 e. The lowest BCUT2D eigenvalue weighted by molar-refractivity contribution is -0.137. The topological polar surface area (TPSA) is 87.1 Å². The van der Waals surface area contributed by atoms with Crippen LogP contribution in [0.25, 0.3) is 11.3 Å². The van der Waals surface area contributed by atoms with Gasteiger partial charge in [0.25, 0.3) is 0 Å². The Labute approximate surface area is 170 Å². The maximum absolute atomic E-state index is 11.7. The van der Waals surface area contributed by atoms with E-state index in [0.717, 1.165) is 35.0 Å². The van der Waals surface area contributed by atoms with Crippen molar-refractivity contribution in [3.05, 3.63) is 72.6 Å². The van der Waals surface area contributed by atoms with Gasteiger partial charge in [-0.2, -0.15) is 0 Å². The zero-order chi connectivity index (χ0) is 20.1. The van der Waals surface area contributed by atoms with Crippen molar-refractivity contribution in [1.82, 2.24) is 9.97 Å². The second kappa shape index (κ2) is 8.73. The average molecular weight is 388 g/mol. The van der Waals surface area contributed by atoms with Crippen molar-refractivity contribution in [3.63, 3.8) is 0 Å². The van der Waals surface area contributed by atoms with E-state index >= 15 is 0 Å². The van der Waals surface area contributed by atoms with E-state index in [1.165, 1.54) is 19.2 Å². The van der Waals surface area contributed by atoms with Crippen LogP contribution in [0.3, 0.4) is 0 Å². The molecule has 3 aromatic rings. The Hall–Kier alpha value is -3.41. The van der Waals surface area contributed by atoms with Crippen molar-refractivity contribution >= 4 is 17.5 Å². The number of aromatic nitrogens is 2. The number of anilines is 2. The highest BCUT2D eigenvalue weighted by molar-refractivity contribution is 5.77. The molecule has 29 heavy (non-hydrogen) atoms. The zero-order valence-corrected chi connectivity index (χ0v) is 16.1. The van der Waals surface area contributed by atoms with Crippen LogP contribution in [0.4, 0.5) is 11.5 Å². The number of aliphatic carboxylic acids is 1. The van der Waals surface area contributed by atoms with Gasteiger partial charge in [0.05, 0.1) is 5.69 Å². The molecule has 148 valence electrons. The monoisotopic (exact) mass is 388 g/mol. The molecule has 0 spiro atoms. The molecule has 6 nitrogen and oxygen atoms in total. The minimum Gasteiger partial charge on any atom is -0.480 e. The molecule has 0 saturated heterocycles. The second-order valence-electron chi connectivity index (χ2n) is 7.41. The van der Waals surface area contributed by atoms with Crippen LogP contribution >= 0.6 is 0 Å². The summed E-state index contributed by atoms with van der Waals surface area (Å²) >= 11 is 0. The number of benzene rings is 2. The number of carboxylic acids is 1. The Morgan fingerprint density at radius 3 is 2.52 bits per heavy atom. The summed E-state index contributed by atoms with van der Waals surface area (Å²) in [6.07, 6.45) is 4.47. The summed E-state index contributed by atoms with van der Waals surface area (Å²) < 4.78 is 0. The molecule has 0 bridgehead atoms. The van der Waals surface area contributed by atoms with Crippen molar-refractivity contribution in [2.75, 3.05) is 17.2 Å². The van der Waals surface area contributed by atoms with Gasteiger partial charge in [-0.05, 0) is 36.5 Å². The van der Waals surface area contributed by atoms with E-state index in [-0.39, 0.29) is 0 Å². The fourth-order valence-electron chi connectivity index (χ4n) is 3.17. The molecular weight excluding hydrogens is 364 g/mol. The zero-order valence-electron chi connectivity index (χ0n) is 16.1. The fourth-order valence-corrected chi connectivity index (χ4v) is 3.17. The Morgan fingerprint density at radius 1 is 1.07 bits per heavy atom. The molecule has 1 fully saturated rings. The molecule has 3 N–H and O–H groups in total. The maximum atomic E-state index is 11.7. The predicted molar refractivity (Wildman–Crippen MR) is 114 cm³/mol. The highest BCUT2D eigenvalue weighted by Gasteiger charge is 2.20. The molecular formula is C23H24N4O2. The quantitative estimate of drug-likeness (QED) is 0.512. The number of rotatable bonds is 9. The number of carbonyl (C=O) groups is 1. The minimum atomic E-state index is -0.917. The molecule has 1 aliphatic carbocycles. The third kappa shape index (κ3) is 5.31. The van der Waals surface area contributed by atoms with Crippen molar-refractivity contribution in [2.45, 2.75) is 25.3 Å². The van der Waals surface area contributed by atoms with Gasteiger partial charge in [-0.15, -0.1) is 0 Å². The van der Waals surface area contributed by atoms with Crippen LogP contribution in [0.15, 0.2) is 67.0 Å². The lowest BCUT2D eigenvalue weighted by Gasteiger charge is -2.15. The summed E-state index contributed by atoms with van der Waals surface area (Å²) in [6, 6.07) is 18.7. The number of nitrogens with zero attached hydrogens (tertiary/aromatic N) is 2. The van der Waals surface area contributed by atoms with E-state index < -0.39 is 12.0 Å². The van der Waals surface area contributed by atoms with Gasteiger partial charge < -0.3 is 15.7 Å². The Morgan fingerprint density at radius 2 is 1.83 bits per heavy atom. The van der Waals surface area contributed by atoms with Crippen LogP contribution < -0.4 is 10.6 Å². The maximum Gasteiger partial charge on any atom is 0.326 e. The third-order valence-electron chi connectivity index (χ3n) is 5.04. The number of carboxylic acid groups (broad SMARTS) is 1. The summed E-state index contributed by atoms with van der Waals surface area (Å²) in [6.45, 7) is 1.03. The minimum absolute atomic E-state index is 0.372. The Kier molecular flexibility index (Phi) is 5.70. The van der Waals surface area contributed by atoms with Gasteiger partial charge in [0.15, 0.2) is 0 Å². The van der Waals surface area contributed by atoms with Gasteiger partial charge in [0.1, 0.15) is 18.2 Å². The third-order valence-corrected chi connectivity index (χ3v) is 5.04. The van der Waals surface area contributed by atoms with Crippen molar-refractivity contribution < 1.29 is 9.90 Å². The number of nitrogens with one attached hydrogen (secondary N) is 2. The molecule has 0 aliphatic heterocycles. The highest BCUT2D eigenvalue weighted by Crippen LogP contribution is 2.29. The molecule has 6 heteroatoms. The van der Waals surface area contributed by atoms with Crippen LogP contribution in [0.1, 0.15) is 18.4 Å². The lowest BCUT2D eigenvalue weighted by Crippen LogP contribution is -2.31. The van der Waals surface area contributed by atoms with Gasteiger partial charge in [0, 0.05) is 30.3 Å². The predicted octanol–water partition coefficient (Wildman–Crippen LogP) is 4.07. The van der Waals surface area contributed by atoms with Crippen LogP contribution in [0.5, 0.6) is 0 Å². The molecule has 1 saturated carbocycles. The standard InChI is InChI=1S/C23H24N4O2/c28-23(29)21(12-16-4-2-1-3-5-16)27-22-13-20(25-15-26-22)18-8-10-19(11-9-18)24-14-17-6-7-17/h1-5,8-11,13,15,17,21,24H,6-7,12,14H2,(H,28,29)(H,25,26,27)/t21-/m0/s1. The first-order valence-corrected chi connectivity index (χ1v) is 9.87. The van der Waals surface area contributed by atoms with Gasteiger partial charge in [0.2, 0.25) is 0 Å². The van der Waals surface area contributed by atoms with Crippen molar-refractivity contribution in [2.24, 2.45) is 5.92 Å². The van der Waals surface area contributed by atoms with Gasteiger partial charge in [-0.1, -0.05) is 42.5 Å². The summed E-state index contributed by atoms with van der Waals surface area (Å²) in [5.74, 6) is 0.401. The Bertz CT molecular complexity index is 956. The van der Waals surface area contributed by atoms with E-state index in [1.54, 1.807) is 6.07 Å². The molecule has 1 heterocycles. The largest absolute Gasteiger partial charge is 0.480 e. The molecule has 1 aromatic heterocycles. The lowest BCUT2D eigenvalue weighted by atomic mass is 10.1. The molecule has 1 atom stereocenters. The van der Waals surface area contributed by atoms with E-state index in [9.17, 15) is 9.90 Å². The van der Waals surface area contributed by atoms with Gasteiger partial charge in [-0.3, -0.25) is 0 Å². The van der Waals surface area contributed by atoms with E-state index in [0.29, 0.717) is 12.2 Å². The van der Waals surface area contributed by atoms with Crippen LogP contribution in [0.2, 0.25) is 0 Å². The number of hydrogen-bond acceptors (Lipinski definition) is 5. The Balaban J connectivity index is 1.44. The molecule has 0 unspecified atom stereocenters. The van der Waals surface area contributed by atoms with Gasteiger partial charge >= 0.3 is 5.97 Å². The van der Waals surface area contributed by atoms with E-state index in [2.05, 4.69) is 20.6 Å².